The smallest absolute Gasteiger partial charge is 0.333 e. The Hall–Kier alpha value is -3.54. The zero-order valence-corrected chi connectivity index (χ0v) is 24.4. The Morgan fingerprint density at radius 2 is 1.93 bits per heavy atom. The number of fused-ring (bicyclic) bond motifs is 1. The fourth-order valence-corrected chi connectivity index (χ4v) is 6.84. The molecule has 3 heterocycles. The van der Waals surface area contributed by atoms with Gasteiger partial charge in [0.2, 0.25) is 5.89 Å². The van der Waals surface area contributed by atoms with Gasteiger partial charge in [0.1, 0.15) is 22.7 Å². The van der Waals surface area contributed by atoms with Crippen molar-refractivity contribution < 1.29 is 24.2 Å². The third-order valence-electron chi connectivity index (χ3n) is 8.05. The summed E-state index contributed by atoms with van der Waals surface area (Å²) in [5.74, 6) is -0.982. The van der Waals surface area contributed by atoms with Crippen molar-refractivity contribution in [2.45, 2.75) is 90.2 Å². The largest absolute Gasteiger partial charge is 0.480 e. The van der Waals surface area contributed by atoms with Gasteiger partial charge in [-0.1, -0.05) is 31.2 Å². The molecular weight excluding hydrogens is 546 g/mol. The van der Waals surface area contributed by atoms with Crippen molar-refractivity contribution in [3.63, 3.8) is 0 Å². The minimum Gasteiger partial charge on any atom is -0.480 e. The van der Waals surface area contributed by atoms with Crippen LogP contribution in [0.15, 0.2) is 50.7 Å². The Labute approximate surface area is 240 Å². The molecule has 4 aromatic rings. The lowest BCUT2D eigenvalue weighted by Crippen LogP contribution is -2.52. The number of aliphatic hydroxyl groups is 1. The highest BCUT2D eigenvalue weighted by Crippen LogP contribution is 2.37. The molecule has 3 aromatic heterocycles. The van der Waals surface area contributed by atoms with Gasteiger partial charge in [0, 0.05) is 0 Å². The van der Waals surface area contributed by atoms with Crippen molar-refractivity contribution >= 4 is 27.5 Å². The molecule has 1 fully saturated rings. The number of carboxylic acids is 1. The van der Waals surface area contributed by atoms with Crippen LogP contribution in [0.3, 0.4) is 0 Å². The molecule has 0 bridgehead atoms. The summed E-state index contributed by atoms with van der Waals surface area (Å²) >= 11 is 1.22. The first kappa shape index (κ1) is 29.0. The average Bonchev–Trinajstić information content (AvgIpc) is 3.59. The van der Waals surface area contributed by atoms with Gasteiger partial charge in [-0.15, -0.1) is 11.3 Å². The summed E-state index contributed by atoms with van der Waals surface area (Å²) in [4.78, 5) is 45.5. The zero-order valence-electron chi connectivity index (χ0n) is 23.6. The second-order valence-electron chi connectivity index (χ2n) is 11.1. The Morgan fingerprint density at radius 1 is 1.22 bits per heavy atom. The van der Waals surface area contributed by atoms with Crippen LogP contribution in [-0.2, 0) is 28.0 Å². The summed E-state index contributed by atoms with van der Waals surface area (Å²) in [6.45, 7) is 6.56. The molecule has 1 aliphatic rings. The molecule has 0 unspecified atom stereocenters. The molecule has 5 rings (SSSR count). The van der Waals surface area contributed by atoms with E-state index < -0.39 is 28.9 Å². The molecule has 1 aromatic carbocycles. The predicted molar refractivity (Wildman–Crippen MR) is 155 cm³/mol. The highest BCUT2D eigenvalue weighted by Gasteiger charge is 2.36. The highest BCUT2D eigenvalue weighted by molar-refractivity contribution is 7.22. The number of oxazole rings is 1. The van der Waals surface area contributed by atoms with Crippen LogP contribution in [0.2, 0.25) is 0 Å². The molecule has 0 spiro atoms. The molecule has 0 saturated heterocycles. The monoisotopic (exact) mass is 581 g/mol. The molecule has 41 heavy (non-hydrogen) atoms. The lowest BCUT2D eigenvalue weighted by atomic mass is 9.94. The number of ether oxygens (including phenoxy) is 1. The van der Waals surface area contributed by atoms with E-state index in [1.54, 1.807) is 6.92 Å². The van der Waals surface area contributed by atoms with Crippen LogP contribution in [-0.4, -0.2) is 42.5 Å². The Kier molecular flexibility index (Phi) is 8.04. The maximum atomic E-state index is 14.2. The summed E-state index contributed by atoms with van der Waals surface area (Å²) in [6.07, 6.45) is 5.33. The average molecular weight is 582 g/mol. The van der Waals surface area contributed by atoms with Crippen LogP contribution in [0.1, 0.15) is 69.2 Å². The van der Waals surface area contributed by atoms with Crippen molar-refractivity contribution in [1.29, 1.82) is 0 Å². The molecule has 218 valence electrons. The zero-order chi connectivity index (χ0) is 29.5. The summed E-state index contributed by atoms with van der Waals surface area (Å²) in [7, 11) is 0. The van der Waals surface area contributed by atoms with Gasteiger partial charge >= 0.3 is 11.7 Å². The number of carboxylic acid groups (broad SMARTS) is 1. The molecule has 1 atom stereocenters. The van der Waals surface area contributed by atoms with Crippen LogP contribution in [0.4, 0.5) is 0 Å². The molecular formula is C30H35N3O7S. The van der Waals surface area contributed by atoms with Crippen LogP contribution in [0, 0.1) is 6.92 Å². The molecule has 2 N–H and O–H groups in total. The van der Waals surface area contributed by atoms with Crippen LogP contribution in [0.25, 0.3) is 21.0 Å². The van der Waals surface area contributed by atoms with Crippen molar-refractivity contribution in [2.24, 2.45) is 0 Å². The van der Waals surface area contributed by atoms with E-state index in [0.717, 1.165) is 22.1 Å². The number of rotatable bonds is 9. The van der Waals surface area contributed by atoms with Crippen molar-refractivity contribution in [3.8, 4) is 10.8 Å². The first-order chi connectivity index (χ1) is 19.5. The maximum absolute atomic E-state index is 14.2. The Bertz CT molecular complexity index is 1670. The molecule has 0 radical (unpaired) electrons. The number of carbonyl (C=O) groups is 1. The number of hydrogen-bond acceptors (Lipinski definition) is 8. The third kappa shape index (κ3) is 5.29. The molecule has 0 aliphatic heterocycles. The number of aliphatic hydroxyl groups excluding tert-OH is 1. The minimum absolute atomic E-state index is 0.0619. The number of aryl methyl sites for hydroxylation is 2. The third-order valence-corrected chi connectivity index (χ3v) is 9.36. The van der Waals surface area contributed by atoms with E-state index in [1.165, 1.54) is 42.2 Å². The molecule has 1 saturated carbocycles. The fraction of sp³-hybridized carbons (Fsp3) is 0.467. The van der Waals surface area contributed by atoms with E-state index in [-0.39, 0.29) is 24.1 Å². The summed E-state index contributed by atoms with van der Waals surface area (Å²) in [6, 6.07) is 7.90. The quantitative estimate of drug-likeness (QED) is 0.292. The summed E-state index contributed by atoms with van der Waals surface area (Å²) < 4.78 is 14.5. The Balaban J connectivity index is 1.74. The van der Waals surface area contributed by atoms with Gasteiger partial charge in [-0.3, -0.25) is 9.36 Å². The second kappa shape index (κ2) is 11.4. The number of benzene rings is 1. The van der Waals surface area contributed by atoms with Crippen molar-refractivity contribution in [3.05, 3.63) is 74.3 Å². The lowest BCUT2D eigenvalue weighted by Gasteiger charge is -2.31. The lowest BCUT2D eigenvalue weighted by molar-refractivity contribution is -0.146. The first-order valence-corrected chi connectivity index (χ1v) is 14.7. The maximum Gasteiger partial charge on any atom is 0.333 e. The van der Waals surface area contributed by atoms with Gasteiger partial charge in [-0.05, 0) is 69.6 Å². The van der Waals surface area contributed by atoms with E-state index in [1.807, 2.05) is 24.3 Å². The molecule has 1 aliphatic carbocycles. The standard InChI is InChI=1S/C30H35N3O7S/c1-5-18-8-6-7-9-21(18)22(40-20-12-10-19(34)11-13-20)16-32-27-23(17(2)24(41-27)25-31-14-15-39-25)26(35)33(29(32)38)30(3,4)28(36)37/h6-9,14-15,19-20,22,34H,5,10-13,16H2,1-4H3,(H,36,37)/t19-,20-,22-/m0/s1. The van der Waals surface area contributed by atoms with Crippen LogP contribution >= 0.6 is 11.3 Å². The Morgan fingerprint density at radius 3 is 2.56 bits per heavy atom. The van der Waals surface area contributed by atoms with Crippen LogP contribution < -0.4 is 11.2 Å². The molecule has 10 nitrogen and oxygen atoms in total. The summed E-state index contributed by atoms with van der Waals surface area (Å²) in [5, 5.41) is 20.3. The van der Waals surface area contributed by atoms with E-state index in [9.17, 15) is 24.6 Å². The van der Waals surface area contributed by atoms with Gasteiger partial charge in [0.05, 0.1) is 35.2 Å². The van der Waals surface area contributed by atoms with Crippen molar-refractivity contribution in [1.82, 2.24) is 14.1 Å². The van der Waals surface area contributed by atoms with E-state index in [2.05, 4.69) is 11.9 Å². The SMILES string of the molecule is CCc1ccccc1[C@H](Cn1c(=O)n(C(C)(C)C(=O)O)c(=O)c2c(C)c(-c3ncco3)sc21)O[C@H]1CC[C@H](O)CC1. The van der Waals surface area contributed by atoms with Gasteiger partial charge in [-0.25, -0.2) is 19.1 Å². The van der Waals surface area contributed by atoms with Crippen molar-refractivity contribution in [2.75, 3.05) is 0 Å². The predicted octanol–water partition coefficient (Wildman–Crippen LogP) is 4.63. The van der Waals surface area contributed by atoms with E-state index in [0.29, 0.717) is 46.8 Å². The number of hydrogen-bond donors (Lipinski definition) is 2. The number of aliphatic carboxylic acids is 1. The van der Waals surface area contributed by atoms with E-state index >= 15 is 0 Å². The van der Waals surface area contributed by atoms with Gasteiger partial charge in [0.25, 0.3) is 5.56 Å². The highest BCUT2D eigenvalue weighted by atomic mass is 32.1. The van der Waals surface area contributed by atoms with Crippen LogP contribution in [0.5, 0.6) is 0 Å². The topological polar surface area (TPSA) is 137 Å². The van der Waals surface area contributed by atoms with Gasteiger partial charge in [0.15, 0.2) is 0 Å². The number of nitrogens with zero attached hydrogens (tertiary/aromatic N) is 3. The fourth-order valence-electron chi connectivity index (χ4n) is 5.60. The van der Waals surface area contributed by atoms with Gasteiger partial charge < -0.3 is 19.4 Å². The van der Waals surface area contributed by atoms with Gasteiger partial charge in [-0.2, -0.15) is 0 Å². The molecule has 11 heteroatoms. The van der Waals surface area contributed by atoms with E-state index in [4.69, 9.17) is 9.15 Å². The first-order valence-electron chi connectivity index (χ1n) is 13.9. The molecule has 0 amide bonds. The number of thiophene rings is 1. The number of aromatic nitrogens is 3. The second-order valence-corrected chi connectivity index (χ2v) is 12.1. The minimum atomic E-state index is -1.81. The summed E-state index contributed by atoms with van der Waals surface area (Å²) in [5.41, 5.74) is -0.644. The normalized spacial score (nSPS) is 18.6.